The maximum atomic E-state index is 13.2. The summed E-state index contributed by atoms with van der Waals surface area (Å²) in [6.07, 6.45) is 5.35. The summed E-state index contributed by atoms with van der Waals surface area (Å²) in [5.41, 5.74) is 1.01. The Bertz CT molecular complexity index is 184. The molecule has 0 aromatic rings. The van der Waals surface area contributed by atoms with Crippen molar-refractivity contribution in [3.8, 4) is 0 Å². The summed E-state index contributed by atoms with van der Waals surface area (Å²) in [7, 11) is 1.38. The summed E-state index contributed by atoms with van der Waals surface area (Å²) in [5, 5.41) is 0. The summed E-state index contributed by atoms with van der Waals surface area (Å²) < 4.78 is 17.9. The van der Waals surface area contributed by atoms with Crippen LogP contribution in [-0.2, 0) is 4.74 Å². The highest BCUT2D eigenvalue weighted by atomic mass is 19.2. The molecule has 1 aliphatic carbocycles. The molecule has 0 bridgehead atoms. The highest BCUT2D eigenvalue weighted by molar-refractivity contribution is 5.21. The largest absolute Gasteiger partial charge is 0.346 e. The smallest absolute Gasteiger partial charge is 0.232 e. The Labute approximate surface area is 60.2 Å². The van der Waals surface area contributed by atoms with Gasteiger partial charge in [0.05, 0.1) is 0 Å². The Morgan fingerprint density at radius 1 is 1.70 bits per heavy atom. The lowest BCUT2D eigenvalue weighted by atomic mass is 10.0. The number of allylic oxidation sites excluding steroid dienone is 2. The molecule has 0 amide bonds. The first kappa shape index (κ1) is 7.48. The van der Waals surface area contributed by atoms with E-state index in [0.717, 1.165) is 5.57 Å². The van der Waals surface area contributed by atoms with Crippen molar-refractivity contribution >= 4 is 0 Å². The summed E-state index contributed by atoms with van der Waals surface area (Å²) >= 11 is 0. The van der Waals surface area contributed by atoms with Crippen molar-refractivity contribution in [2.24, 2.45) is 0 Å². The van der Waals surface area contributed by atoms with Gasteiger partial charge in [0, 0.05) is 13.5 Å². The zero-order valence-electron chi connectivity index (χ0n) is 6.23. The van der Waals surface area contributed by atoms with E-state index in [1.54, 1.807) is 6.08 Å². The van der Waals surface area contributed by atoms with Crippen LogP contribution in [0.25, 0.3) is 0 Å². The first-order valence-corrected chi connectivity index (χ1v) is 3.25. The number of hydrogen-bond acceptors (Lipinski definition) is 1. The molecule has 1 rings (SSSR count). The fourth-order valence-corrected chi connectivity index (χ4v) is 0.994. The van der Waals surface area contributed by atoms with Gasteiger partial charge < -0.3 is 4.74 Å². The van der Waals surface area contributed by atoms with Crippen molar-refractivity contribution in [2.75, 3.05) is 7.11 Å². The molecule has 1 atom stereocenters. The highest BCUT2D eigenvalue weighted by Crippen LogP contribution is 2.26. The predicted octanol–water partition coefficient (Wildman–Crippen LogP) is 2.20. The monoisotopic (exact) mass is 142 g/mol. The average molecular weight is 142 g/mol. The minimum Gasteiger partial charge on any atom is -0.346 e. The number of hydrogen-bond donors (Lipinski definition) is 0. The molecule has 0 saturated carbocycles. The maximum absolute atomic E-state index is 13.2. The minimum absolute atomic E-state index is 0.347. The predicted molar refractivity (Wildman–Crippen MR) is 38.4 cm³/mol. The van der Waals surface area contributed by atoms with Crippen LogP contribution in [0.5, 0.6) is 0 Å². The quantitative estimate of drug-likeness (QED) is 0.545. The average Bonchev–Trinajstić information content (AvgIpc) is 1.88. The maximum Gasteiger partial charge on any atom is 0.232 e. The van der Waals surface area contributed by atoms with Gasteiger partial charge in [-0.05, 0) is 13.0 Å². The van der Waals surface area contributed by atoms with Crippen molar-refractivity contribution in [2.45, 2.75) is 19.2 Å². The lowest BCUT2D eigenvalue weighted by Crippen LogP contribution is -2.24. The van der Waals surface area contributed by atoms with E-state index in [1.807, 2.05) is 13.0 Å². The van der Waals surface area contributed by atoms with Crippen molar-refractivity contribution < 1.29 is 9.13 Å². The summed E-state index contributed by atoms with van der Waals surface area (Å²) in [6.45, 7) is 1.89. The van der Waals surface area contributed by atoms with E-state index in [9.17, 15) is 4.39 Å². The number of rotatable bonds is 1. The molecule has 56 valence electrons. The van der Waals surface area contributed by atoms with Crippen molar-refractivity contribution in [3.05, 3.63) is 23.8 Å². The molecule has 0 radical (unpaired) electrons. The van der Waals surface area contributed by atoms with E-state index in [2.05, 4.69) is 4.74 Å². The molecular weight excluding hydrogens is 131 g/mol. The topological polar surface area (TPSA) is 9.23 Å². The van der Waals surface area contributed by atoms with Gasteiger partial charge in [0.15, 0.2) is 0 Å². The molecule has 0 heterocycles. The number of alkyl halides is 1. The normalized spacial score (nSPS) is 32.1. The van der Waals surface area contributed by atoms with Crippen LogP contribution in [0, 0.1) is 0 Å². The van der Waals surface area contributed by atoms with Crippen LogP contribution in [0.3, 0.4) is 0 Å². The second-order valence-electron chi connectivity index (χ2n) is 2.54. The van der Waals surface area contributed by atoms with Crippen molar-refractivity contribution in [3.63, 3.8) is 0 Å². The molecule has 1 nitrogen and oxygen atoms in total. The van der Waals surface area contributed by atoms with Crippen LogP contribution < -0.4 is 0 Å². The Hall–Kier alpha value is -0.630. The zero-order chi connectivity index (χ0) is 7.61. The van der Waals surface area contributed by atoms with Crippen LogP contribution in [0.1, 0.15) is 13.3 Å². The van der Waals surface area contributed by atoms with E-state index in [0.29, 0.717) is 6.42 Å². The molecule has 10 heavy (non-hydrogen) atoms. The lowest BCUT2D eigenvalue weighted by molar-refractivity contribution is -0.0786. The van der Waals surface area contributed by atoms with Gasteiger partial charge in [-0.3, -0.25) is 0 Å². The molecule has 0 aromatic heterocycles. The molecule has 1 aliphatic rings. The van der Waals surface area contributed by atoms with Gasteiger partial charge in [0.25, 0.3) is 0 Å². The van der Waals surface area contributed by atoms with Gasteiger partial charge in [-0.2, -0.15) is 0 Å². The molecule has 0 saturated heterocycles. The van der Waals surface area contributed by atoms with Gasteiger partial charge in [-0.25, -0.2) is 4.39 Å². The van der Waals surface area contributed by atoms with Crippen molar-refractivity contribution in [1.82, 2.24) is 0 Å². The Morgan fingerprint density at radius 3 is 2.80 bits per heavy atom. The highest BCUT2D eigenvalue weighted by Gasteiger charge is 2.27. The third kappa shape index (κ3) is 1.45. The Kier molecular flexibility index (Phi) is 1.90. The number of methoxy groups -OCH3 is 1. The fourth-order valence-electron chi connectivity index (χ4n) is 0.994. The molecule has 0 spiro atoms. The minimum atomic E-state index is -1.56. The first-order valence-electron chi connectivity index (χ1n) is 3.25. The zero-order valence-corrected chi connectivity index (χ0v) is 6.23. The number of ether oxygens (including phenoxy) is 1. The second-order valence-corrected chi connectivity index (χ2v) is 2.54. The molecule has 0 aromatic carbocycles. The van der Waals surface area contributed by atoms with E-state index in [1.165, 1.54) is 13.2 Å². The van der Waals surface area contributed by atoms with E-state index in [-0.39, 0.29) is 0 Å². The summed E-state index contributed by atoms with van der Waals surface area (Å²) in [5.74, 6) is -1.56. The van der Waals surface area contributed by atoms with Gasteiger partial charge in [0.2, 0.25) is 5.85 Å². The number of halogens is 1. The van der Waals surface area contributed by atoms with Crippen LogP contribution in [0.15, 0.2) is 23.8 Å². The lowest BCUT2D eigenvalue weighted by Gasteiger charge is -2.22. The van der Waals surface area contributed by atoms with Gasteiger partial charge >= 0.3 is 0 Å². The van der Waals surface area contributed by atoms with Crippen LogP contribution >= 0.6 is 0 Å². The first-order chi connectivity index (χ1) is 4.66. The van der Waals surface area contributed by atoms with Crippen LogP contribution in [-0.4, -0.2) is 13.0 Å². The fraction of sp³-hybridized carbons (Fsp3) is 0.500. The molecule has 0 N–H and O–H groups in total. The van der Waals surface area contributed by atoms with E-state index in [4.69, 9.17) is 0 Å². The van der Waals surface area contributed by atoms with Gasteiger partial charge in [-0.15, -0.1) is 0 Å². The van der Waals surface area contributed by atoms with E-state index < -0.39 is 5.85 Å². The standard InChI is InChI=1S/C8H11FO/c1-7-4-3-5-8(9,6-7)10-2/h3-5H,6H2,1-2H3. The Balaban J connectivity index is 2.71. The van der Waals surface area contributed by atoms with Gasteiger partial charge in [0.1, 0.15) is 0 Å². The summed E-state index contributed by atoms with van der Waals surface area (Å²) in [4.78, 5) is 0. The SMILES string of the molecule is COC1(F)C=CC=C(C)C1. The van der Waals surface area contributed by atoms with Gasteiger partial charge in [-0.1, -0.05) is 17.7 Å². The van der Waals surface area contributed by atoms with Crippen molar-refractivity contribution in [1.29, 1.82) is 0 Å². The van der Waals surface area contributed by atoms with Crippen LogP contribution in [0.2, 0.25) is 0 Å². The van der Waals surface area contributed by atoms with Crippen LogP contribution in [0.4, 0.5) is 4.39 Å². The second kappa shape index (κ2) is 2.54. The summed E-state index contributed by atoms with van der Waals surface area (Å²) in [6, 6.07) is 0. The van der Waals surface area contributed by atoms with E-state index >= 15 is 0 Å². The molecule has 0 fully saturated rings. The third-order valence-corrected chi connectivity index (χ3v) is 1.59. The molecule has 1 unspecified atom stereocenters. The molecular formula is C8H11FO. The molecule has 0 aliphatic heterocycles. The Morgan fingerprint density at radius 2 is 2.40 bits per heavy atom. The molecule has 2 heteroatoms. The third-order valence-electron chi connectivity index (χ3n) is 1.59.